The Morgan fingerprint density at radius 3 is 2.71 bits per heavy atom. The van der Waals surface area contributed by atoms with Crippen LogP contribution in [0, 0.1) is 22.9 Å². The first-order valence-corrected chi connectivity index (χ1v) is 6.47. The van der Waals surface area contributed by atoms with E-state index in [9.17, 15) is 14.5 Å². The Morgan fingerprint density at radius 1 is 1.29 bits per heavy atom. The number of nitrogens with zero attached hydrogens (tertiary/aromatic N) is 1. The van der Waals surface area contributed by atoms with Crippen LogP contribution in [0.3, 0.4) is 0 Å². The monoisotopic (exact) mass is 290 g/mol. The Kier molecular flexibility index (Phi) is 4.37. The van der Waals surface area contributed by atoms with Crippen LogP contribution in [0.2, 0.25) is 0 Å². The Bertz CT molecular complexity index is 674. The number of nitrogens with one attached hydrogen (secondary N) is 1. The predicted octanol–water partition coefficient (Wildman–Crippen LogP) is 4.27. The summed E-state index contributed by atoms with van der Waals surface area (Å²) in [7, 11) is 0. The molecule has 2 aromatic rings. The molecule has 0 aliphatic rings. The number of rotatable bonds is 5. The average Bonchev–Trinajstić information content (AvgIpc) is 2.43. The van der Waals surface area contributed by atoms with E-state index in [4.69, 9.17) is 4.74 Å². The fourth-order valence-corrected chi connectivity index (χ4v) is 1.86. The van der Waals surface area contributed by atoms with Crippen molar-refractivity contribution < 1.29 is 14.1 Å². The summed E-state index contributed by atoms with van der Waals surface area (Å²) in [5, 5.41) is 13.9. The van der Waals surface area contributed by atoms with Gasteiger partial charge in [0.15, 0.2) is 0 Å². The van der Waals surface area contributed by atoms with Crippen molar-refractivity contribution >= 4 is 11.4 Å². The third-order valence-corrected chi connectivity index (χ3v) is 2.86. The normalized spacial score (nSPS) is 10.2. The van der Waals surface area contributed by atoms with Gasteiger partial charge in [-0.2, -0.15) is 0 Å². The zero-order chi connectivity index (χ0) is 15.4. The number of non-ortho nitro benzene ring substituents is 1. The number of hydrogen-bond acceptors (Lipinski definition) is 4. The van der Waals surface area contributed by atoms with Gasteiger partial charge in [-0.15, -0.1) is 0 Å². The highest BCUT2D eigenvalue weighted by Gasteiger charge is 2.12. The molecule has 0 aliphatic carbocycles. The molecule has 5 nitrogen and oxygen atoms in total. The molecule has 0 unspecified atom stereocenters. The van der Waals surface area contributed by atoms with E-state index in [0.717, 1.165) is 5.56 Å². The van der Waals surface area contributed by atoms with Gasteiger partial charge in [0.2, 0.25) is 0 Å². The maximum atomic E-state index is 13.3. The third-order valence-electron chi connectivity index (χ3n) is 2.86. The highest BCUT2D eigenvalue weighted by molar-refractivity contribution is 5.57. The Hall–Kier alpha value is -2.63. The van der Waals surface area contributed by atoms with Crippen molar-refractivity contribution in [3.05, 3.63) is 57.9 Å². The van der Waals surface area contributed by atoms with Crippen molar-refractivity contribution in [3.8, 4) is 11.5 Å². The van der Waals surface area contributed by atoms with Crippen LogP contribution in [0.4, 0.5) is 15.8 Å². The van der Waals surface area contributed by atoms with Gasteiger partial charge in [0.25, 0.3) is 5.69 Å². The van der Waals surface area contributed by atoms with Gasteiger partial charge >= 0.3 is 0 Å². The summed E-state index contributed by atoms with van der Waals surface area (Å²) in [5.74, 6) is 0.194. The third kappa shape index (κ3) is 3.68. The largest absolute Gasteiger partial charge is 0.457 e. The number of halogens is 1. The molecule has 1 N–H and O–H groups in total. The quantitative estimate of drug-likeness (QED) is 0.660. The maximum Gasteiger partial charge on any atom is 0.275 e. The van der Waals surface area contributed by atoms with Gasteiger partial charge in [0.05, 0.1) is 11.0 Å². The SMILES string of the molecule is CCNc1cc(Oc2cc(F)ccc2C)cc([N+](=O)[O-])c1. The number of nitro groups is 1. The first-order chi connectivity index (χ1) is 9.99. The Balaban J connectivity index is 2.38. The second kappa shape index (κ2) is 6.21. The Morgan fingerprint density at radius 2 is 2.05 bits per heavy atom. The van der Waals surface area contributed by atoms with E-state index in [0.29, 0.717) is 18.0 Å². The first kappa shape index (κ1) is 14.8. The molecule has 110 valence electrons. The molecule has 6 heteroatoms. The average molecular weight is 290 g/mol. The van der Waals surface area contributed by atoms with Crippen molar-refractivity contribution in [1.82, 2.24) is 0 Å². The van der Waals surface area contributed by atoms with Crippen LogP contribution >= 0.6 is 0 Å². The lowest BCUT2D eigenvalue weighted by atomic mass is 10.2. The van der Waals surface area contributed by atoms with Crippen LogP contribution in [0.1, 0.15) is 12.5 Å². The van der Waals surface area contributed by atoms with Crippen molar-refractivity contribution in [2.24, 2.45) is 0 Å². The predicted molar refractivity (Wildman–Crippen MR) is 78.5 cm³/mol. The molecule has 0 aliphatic heterocycles. The van der Waals surface area contributed by atoms with Crippen LogP contribution in [-0.2, 0) is 0 Å². The molecule has 0 amide bonds. The number of benzene rings is 2. The fourth-order valence-electron chi connectivity index (χ4n) is 1.86. The number of hydrogen-bond donors (Lipinski definition) is 1. The molecule has 0 saturated carbocycles. The van der Waals surface area contributed by atoms with E-state index >= 15 is 0 Å². The van der Waals surface area contributed by atoms with Gasteiger partial charge in [-0.1, -0.05) is 6.07 Å². The lowest BCUT2D eigenvalue weighted by Gasteiger charge is -2.11. The second-order valence-corrected chi connectivity index (χ2v) is 4.51. The number of ether oxygens (including phenoxy) is 1. The van der Waals surface area contributed by atoms with Gasteiger partial charge in [-0.25, -0.2) is 4.39 Å². The standard InChI is InChI=1S/C15H15FN2O3/c1-3-17-12-7-13(18(19)20)9-14(8-12)21-15-6-11(16)5-4-10(15)2/h4-9,17H,3H2,1-2H3. The Labute approximate surface area is 121 Å². The zero-order valence-electron chi connectivity index (χ0n) is 11.7. The minimum absolute atomic E-state index is 0.0856. The van der Waals surface area contributed by atoms with Gasteiger partial charge in [-0.3, -0.25) is 10.1 Å². The van der Waals surface area contributed by atoms with E-state index in [1.165, 1.54) is 24.3 Å². The lowest BCUT2D eigenvalue weighted by Crippen LogP contribution is -1.99. The summed E-state index contributed by atoms with van der Waals surface area (Å²) < 4.78 is 18.8. The van der Waals surface area contributed by atoms with Crippen LogP contribution in [0.5, 0.6) is 11.5 Å². The van der Waals surface area contributed by atoms with Crippen molar-refractivity contribution in [3.63, 3.8) is 0 Å². The first-order valence-electron chi connectivity index (χ1n) is 6.47. The van der Waals surface area contributed by atoms with Crippen LogP contribution in [0.25, 0.3) is 0 Å². The summed E-state index contributed by atoms with van der Waals surface area (Å²) in [4.78, 5) is 10.5. The topological polar surface area (TPSA) is 64.4 Å². The maximum absolute atomic E-state index is 13.3. The fraction of sp³-hybridized carbons (Fsp3) is 0.200. The molecule has 2 rings (SSSR count). The van der Waals surface area contributed by atoms with E-state index in [1.807, 2.05) is 6.92 Å². The molecule has 0 bridgehead atoms. The molecule has 0 aromatic heterocycles. The molecule has 0 radical (unpaired) electrons. The molecule has 21 heavy (non-hydrogen) atoms. The van der Waals surface area contributed by atoms with Crippen LogP contribution in [-0.4, -0.2) is 11.5 Å². The molecular weight excluding hydrogens is 275 g/mol. The zero-order valence-corrected chi connectivity index (χ0v) is 11.7. The smallest absolute Gasteiger partial charge is 0.275 e. The van der Waals surface area contributed by atoms with E-state index < -0.39 is 10.7 Å². The summed E-state index contributed by atoms with van der Waals surface area (Å²) in [5.41, 5.74) is 1.24. The molecule has 0 spiro atoms. The highest BCUT2D eigenvalue weighted by Crippen LogP contribution is 2.31. The minimum Gasteiger partial charge on any atom is -0.457 e. The minimum atomic E-state index is -0.494. The van der Waals surface area contributed by atoms with Crippen LogP contribution < -0.4 is 10.1 Å². The lowest BCUT2D eigenvalue weighted by molar-refractivity contribution is -0.384. The van der Waals surface area contributed by atoms with E-state index in [1.54, 1.807) is 19.1 Å². The van der Waals surface area contributed by atoms with Gasteiger partial charge < -0.3 is 10.1 Å². The number of nitro benzene ring substituents is 1. The highest BCUT2D eigenvalue weighted by atomic mass is 19.1. The summed E-state index contributed by atoms with van der Waals surface area (Å²) in [6.07, 6.45) is 0. The molecule has 2 aromatic carbocycles. The summed E-state index contributed by atoms with van der Waals surface area (Å²) >= 11 is 0. The molecular formula is C15H15FN2O3. The van der Waals surface area contributed by atoms with Gasteiger partial charge in [0.1, 0.15) is 17.3 Å². The molecule has 0 saturated heterocycles. The molecule has 0 atom stereocenters. The summed E-state index contributed by atoms with van der Waals surface area (Å²) in [6.45, 7) is 4.28. The van der Waals surface area contributed by atoms with E-state index in [2.05, 4.69) is 5.32 Å². The van der Waals surface area contributed by atoms with Gasteiger partial charge in [-0.05, 0) is 25.5 Å². The van der Waals surface area contributed by atoms with Crippen LogP contribution in [0.15, 0.2) is 36.4 Å². The van der Waals surface area contributed by atoms with E-state index in [-0.39, 0.29) is 11.4 Å². The number of aryl methyl sites for hydroxylation is 1. The summed E-state index contributed by atoms with van der Waals surface area (Å²) in [6, 6.07) is 8.55. The van der Waals surface area contributed by atoms with Gasteiger partial charge in [0, 0.05) is 30.4 Å². The van der Waals surface area contributed by atoms with Crippen molar-refractivity contribution in [2.45, 2.75) is 13.8 Å². The molecule has 0 fully saturated rings. The van der Waals surface area contributed by atoms with Crippen molar-refractivity contribution in [1.29, 1.82) is 0 Å². The molecule has 0 heterocycles. The number of anilines is 1. The van der Waals surface area contributed by atoms with Crippen molar-refractivity contribution in [2.75, 3.05) is 11.9 Å². The second-order valence-electron chi connectivity index (χ2n) is 4.51.